The molecule has 0 bridgehead atoms. The zero-order valence-corrected chi connectivity index (χ0v) is 13.5. The van der Waals surface area contributed by atoms with Crippen LogP contribution in [-0.2, 0) is 6.42 Å². The number of pyridine rings is 1. The molecule has 0 aliphatic heterocycles. The van der Waals surface area contributed by atoms with Gasteiger partial charge in [0.1, 0.15) is 0 Å². The highest BCUT2D eigenvalue weighted by atomic mass is 32.1. The normalized spacial score (nSPS) is 11.9. The number of aromatic nitrogens is 1. The van der Waals surface area contributed by atoms with Gasteiger partial charge in [0.15, 0.2) is 5.11 Å². The number of hydrogen-bond acceptors (Lipinski definition) is 4. The van der Waals surface area contributed by atoms with Crippen molar-refractivity contribution in [3.05, 3.63) is 52.0 Å². The zero-order valence-electron chi connectivity index (χ0n) is 11.9. The van der Waals surface area contributed by atoms with Gasteiger partial charge >= 0.3 is 0 Å². The summed E-state index contributed by atoms with van der Waals surface area (Å²) in [7, 11) is 0. The summed E-state index contributed by atoms with van der Waals surface area (Å²) in [6, 6.07) is 10.2. The smallest absolute Gasteiger partial charge is 0.166 e. The highest BCUT2D eigenvalue weighted by molar-refractivity contribution is 7.80. The monoisotopic (exact) mass is 321 g/mol. The van der Waals surface area contributed by atoms with E-state index < -0.39 is 0 Å². The van der Waals surface area contributed by atoms with E-state index in [4.69, 9.17) is 17.3 Å². The average molecular weight is 321 g/mol. The van der Waals surface area contributed by atoms with E-state index in [-0.39, 0.29) is 12.6 Å². The molecule has 2 heterocycles. The summed E-state index contributed by atoms with van der Waals surface area (Å²) in [5, 5.41) is 15.7. The minimum atomic E-state index is 0.0604. The molecule has 112 valence electrons. The second-order valence-electron chi connectivity index (χ2n) is 4.65. The Kier molecular flexibility index (Phi) is 6.10. The van der Waals surface area contributed by atoms with E-state index in [2.05, 4.69) is 34.7 Å². The fraction of sp³-hybridized carbons (Fsp3) is 0.333. The molecule has 0 saturated heterocycles. The predicted octanol–water partition coefficient (Wildman–Crippen LogP) is 2.19. The molecule has 0 spiro atoms. The lowest BCUT2D eigenvalue weighted by Gasteiger charge is -2.19. The number of aryl methyl sites for hydroxylation is 1. The van der Waals surface area contributed by atoms with Crippen LogP contribution in [0.15, 0.2) is 36.5 Å². The summed E-state index contributed by atoms with van der Waals surface area (Å²) in [4.78, 5) is 6.88. The van der Waals surface area contributed by atoms with Crippen LogP contribution in [0.2, 0.25) is 0 Å². The van der Waals surface area contributed by atoms with Crippen LogP contribution in [0.4, 0.5) is 0 Å². The van der Waals surface area contributed by atoms with Crippen LogP contribution < -0.4 is 10.6 Å². The minimum absolute atomic E-state index is 0.0604. The van der Waals surface area contributed by atoms with Gasteiger partial charge < -0.3 is 15.7 Å². The predicted molar refractivity (Wildman–Crippen MR) is 90.6 cm³/mol. The van der Waals surface area contributed by atoms with Gasteiger partial charge in [0.25, 0.3) is 0 Å². The van der Waals surface area contributed by atoms with Gasteiger partial charge in [-0.2, -0.15) is 0 Å². The van der Waals surface area contributed by atoms with Crippen LogP contribution in [0.1, 0.15) is 21.5 Å². The van der Waals surface area contributed by atoms with Gasteiger partial charge in [-0.1, -0.05) is 6.07 Å². The topological polar surface area (TPSA) is 57.2 Å². The molecule has 1 unspecified atom stereocenters. The van der Waals surface area contributed by atoms with Crippen molar-refractivity contribution in [2.24, 2.45) is 0 Å². The van der Waals surface area contributed by atoms with Crippen molar-refractivity contribution in [1.82, 2.24) is 15.6 Å². The molecule has 0 radical (unpaired) electrons. The van der Waals surface area contributed by atoms with Gasteiger partial charge in [0.05, 0.1) is 12.6 Å². The lowest BCUT2D eigenvalue weighted by Crippen LogP contribution is -2.39. The molecular weight excluding hydrogens is 302 g/mol. The van der Waals surface area contributed by atoms with Gasteiger partial charge in [0.2, 0.25) is 0 Å². The maximum Gasteiger partial charge on any atom is 0.166 e. The largest absolute Gasteiger partial charge is 0.395 e. The molecule has 0 fully saturated rings. The van der Waals surface area contributed by atoms with Gasteiger partial charge in [0, 0.05) is 34.6 Å². The van der Waals surface area contributed by atoms with Gasteiger partial charge in [-0.25, -0.2) is 0 Å². The molecule has 3 N–H and O–H groups in total. The van der Waals surface area contributed by atoms with E-state index in [0.717, 1.165) is 12.1 Å². The molecule has 2 rings (SSSR count). The third kappa shape index (κ3) is 5.08. The van der Waals surface area contributed by atoms with Crippen LogP contribution in [0.25, 0.3) is 0 Å². The highest BCUT2D eigenvalue weighted by Crippen LogP contribution is 2.25. The summed E-state index contributed by atoms with van der Waals surface area (Å²) in [6.45, 7) is 2.60. The quantitative estimate of drug-likeness (QED) is 0.712. The Bertz CT molecular complexity index is 571. The summed E-state index contributed by atoms with van der Waals surface area (Å²) >= 11 is 7.02. The Morgan fingerprint density at radius 3 is 2.86 bits per heavy atom. The van der Waals surface area contributed by atoms with Gasteiger partial charge in [-0.3, -0.25) is 4.98 Å². The molecule has 6 heteroatoms. The summed E-state index contributed by atoms with van der Waals surface area (Å²) in [5.74, 6) is 0. The Hall–Kier alpha value is -1.50. The SMILES string of the molecule is Cc1ccc(C(Cc2ccccn2)NC(=S)NCCO)s1. The third-order valence-corrected chi connectivity index (χ3v) is 4.32. The molecule has 0 aromatic carbocycles. The molecule has 2 aromatic heterocycles. The number of nitrogens with one attached hydrogen (secondary N) is 2. The van der Waals surface area contributed by atoms with Crippen LogP contribution >= 0.6 is 23.6 Å². The van der Waals surface area contributed by atoms with Crippen LogP contribution in [-0.4, -0.2) is 28.4 Å². The maximum absolute atomic E-state index is 8.85. The van der Waals surface area contributed by atoms with Crippen molar-refractivity contribution in [3.8, 4) is 0 Å². The maximum atomic E-state index is 8.85. The standard InChI is InChI=1S/C15H19N3OS2/c1-11-5-6-14(21-11)13(18-15(20)17-8-9-19)10-12-4-2-3-7-16-12/h2-7,13,19H,8-10H2,1H3,(H2,17,18,20). The second-order valence-corrected chi connectivity index (χ2v) is 6.38. The van der Waals surface area contributed by atoms with E-state index in [9.17, 15) is 0 Å². The fourth-order valence-corrected chi connectivity index (χ4v) is 3.14. The number of nitrogens with zero attached hydrogens (tertiary/aromatic N) is 1. The fourth-order valence-electron chi connectivity index (χ4n) is 1.97. The third-order valence-electron chi connectivity index (χ3n) is 2.95. The number of aliphatic hydroxyl groups is 1. The van der Waals surface area contributed by atoms with E-state index in [1.165, 1.54) is 9.75 Å². The molecular formula is C15H19N3OS2. The molecule has 4 nitrogen and oxygen atoms in total. The van der Waals surface area contributed by atoms with Crippen molar-refractivity contribution < 1.29 is 5.11 Å². The van der Waals surface area contributed by atoms with Crippen LogP contribution in [0.3, 0.4) is 0 Å². The molecule has 0 amide bonds. The lowest BCUT2D eigenvalue weighted by molar-refractivity contribution is 0.300. The average Bonchev–Trinajstić information content (AvgIpc) is 2.92. The molecule has 1 atom stereocenters. The van der Waals surface area contributed by atoms with E-state index in [0.29, 0.717) is 11.7 Å². The van der Waals surface area contributed by atoms with E-state index in [1.807, 2.05) is 18.2 Å². The molecule has 2 aromatic rings. The number of thiophene rings is 1. The van der Waals surface area contributed by atoms with E-state index >= 15 is 0 Å². The number of aliphatic hydroxyl groups excluding tert-OH is 1. The van der Waals surface area contributed by atoms with E-state index in [1.54, 1.807) is 17.5 Å². The van der Waals surface area contributed by atoms with Crippen molar-refractivity contribution >= 4 is 28.7 Å². The first-order valence-electron chi connectivity index (χ1n) is 6.80. The van der Waals surface area contributed by atoms with Gasteiger partial charge in [-0.05, 0) is 43.4 Å². The van der Waals surface area contributed by atoms with Gasteiger partial charge in [-0.15, -0.1) is 11.3 Å². The number of rotatable bonds is 6. The van der Waals surface area contributed by atoms with Crippen LogP contribution in [0, 0.1) is 6.92 Å². The zero-order chi connectivity index (χ0) is 15.1. The lowest BCUT2D eigenvalue weighted by atomic mass is 10.1. The Morgan fingerprint density at radius 1 is 1.38 bits per heavy atom. The molecule has 0 aliphatic carbocycles. The van der Waals surface area contributed by atoms with Crippen molar-refractivity contribution in [2.45, 2.75) is 19.4 Å². The first-order chi connectivity index (χ1) is 10.2. The molecule has 21 heavy (non-hydrogen) atoms. The summed E-state index contributed by atoms with van der Waals surface area (Å²) in [5.41, 5.74) is 1.02. The summed E-state index contributed by atoms with van der Waals surface area (Å²) in [6.07, 6.45) is 2.57. The van der Waals surface area contributed by atoms with Crippen molar-refractivity contribution in [3.63, 3.8) is 0 Å². The van der Waals surface area contributed by atoms with Crippen molar-refractivity contribution in [1.29, 1.82) is 0 Å². The molecule has 0 saturated carbocycles. The van der Waals surface area contributed by atoms with Crippen LogP contribution in [0.5, 0.6) is 0 Å². The second kappa shape index (κ2) is 8.07. The minimum Gasteiger partial charge on any atom is -0.395 e. The Morgan fingerprint density at radius 2 is 2.24 bits per heavy atom. The summed E-state index contributed by atoms with van der Waals surface area (Å²) < 4.78 is 0. The first kappa shape index (κ1) is 15.9. The molecule has 0 aliphatic rings. The Labute approximate surface area is 134 Å². The highest BCUT2D eigenvalue weighted by Gasteiger charge is 2.16. The number of thiocarbonyl (C=S) groups is 1. The van der Waals surface area contributed by atoms with Crippen molar-refractivity contribution in [2.75, 3.05) is 13.2 Å². The number of hydrogen-bond donors (Lipinski definition) is 3. The Balaban J connectivity index is 2.09. The first-order valence-corrected chi connectivity index (χ1v) is 8.03.